The number of hydrogen-bond donors (Lipinski definition) is 1. The van der Waals surface area contributed by atoms with Crippen LogP contribution in [0.2, 0.25) is 0 Å². The van der Waals surface area contributed by atoms with E-state index in [0.717, 1.165) is 37.6 Å². The lowest BCUT2D eigenvalue weighted by Gasteiger charge is -2.29. The average molecular weight is 454 g/mol. The molecule has 0 spiro atoms. The highest BCUT2D eigenvalue weighted by Gasteiger charge is 2.21. The Labute approximate surface area is 196 Å². The van der Waals surface area contributed by atoms with Crippen LogP contribution in [0.5, 0.6) is 5.75 Å². The van der Waals surface area contributed by atoms with Gasteiger partial charge in [0.2, 0.25) is 5.91 Å². The summed E-state index contributed by atoms with van der Waals surface area (Å²) < 4.78 is 11.2. The van der Waals surface area contributed by atoms with Gasteiger partial charge in [0, 0.05) is 31.0 Å². The minimum atomic E-state index is -0.237. The van der Waals surface area contributed by atoms with E-state index in [0.29, 0.717) is 18.0 Å². The van der Waals surface area contributed by atoms with Crippen molar-refractivity contribution in [1.29, 1.82) is 0 Å². The lowest BCUT2D eigenvalue weighted by atomic mass is 9.86. The lowest BCUT2D eigenvalue weighted by molar-refractivity contribution is -0.136. The summed E-state index contributed by atoms with van der Waals surface area (Å²) in [6.07, 6.45) is 0. The van der Waals surface area contributed by atoms with Gasteiger partial charge in [-0.15, -0.1) is 0 Å². The predicted octanol–water partition coefficient (Wildman–Crippen LogP) is 3.69. The normalized spacial score (nSPS) is 14.0. The van der Waals surface area contributed by atoms with Crippen molar-refractivity contribution in [3.63, 3.8) is 0 Å². The van der Waals surface area contributed by atoms with E-state index in [-0.39, 0.29) is 30.4 Å². The van der Waals surface area contributed by atoms with Crippen LogP contribution in [0.1, 0.15) is 33.3 Å². The van der Waals surface area contributed by atoms with Gasteiger partial charge in [-0.1, -0.05) is 39.0 Å². The maximum absolute atomic E-state index is 12.7. The Morgan fingerprint density at radius 3 is 2.36 bits per heavy atom. The monoisotopic (exact) mass is 453 g/mol. The third kappa shape index (κ3) is 6.96. The molecule has 2 aromatic rings. The predicted molar refractivity (Wildman–Crippen MR) is 131 cm³/mol. The molecule has 1 aliphatic rings. The molecule has 1 aliphatic heterocycles. The van der Waals surface area contributed by atoms with E-state index in [4.69, 9.17) is 9.47 Å². The Balaban J connectivity index is 1.52. The van der Waals surface area contributed by atoms with Crippen molar-refractivity contribution in [1.82, 2.24) is 4.90 Å². The van der Waals surface area contributed by atoms with Gasteiger partial charge in [0.25, 0.3) is 5.91 Å². The van der Waals surface area contributed by atoms with Gasteiger partial charge < -0.3 is 24.6 Å². The zero-order valence-corrected chi connectivity index (χ0v) is 20.1. The average Bonchev–Trinajstić information content (AvgIpc) is 2.81. The third-order valence-electron chi connectivity index (χ3n) is 5.64. The van der Waals surface area contributed by atoms with Crippen LogP contribution in [0.15, 0.2) is 48.5 Å². The number of morpholine rings is 1. The van der Waals surface area contributed by atoms with E-state index < -0.39 is 0 Å². The smallest absolute Gasteiger partial charge is 0.260 e. The second kappa shape index (κ2) is 11.2. The van der Waals surface area contributed by atoms with Crippen LogP contribution < -0.4 is 15.0 Å². The van der Waals surface area contributed by atoms with Crippen LogP contribution >= 0.6 is 0 Å². The topological polar surface area (TPSA) is 71.1 Å². The zero-order chi connectivity index (χ0) is 23.8. The molecule has 1 saturated heterocycles. The quantitative estimate of drug-likeness (QED) is 0.660. The molecule has 0 aromatic heterocycles. The van der Waals surface area contributed by atoms with E-state index in [1.165, 1.54) is 4.90 Å². The lowest BCUT2D eigenvalue weighted by Crippen LogP contribution is -2.40. The fourth-order valence-electron chi connectivity index (χ4n) is 3.77. The molecule has 0 atom stereocenters. The minimum absolute atomic E-state index is 0.0230. The molecular weight excluding hydrogens is 418 g/mol. The number of likely N-dealkylation sites (N-methyl/N-ethyl adjacent to an activating group) is 1. The summed E-state index contributed by atoms with van der Waals surface area (Å²) in [6, 6.07) is 15.5. The summed E-state index contributed by atoms with van der Waals surface area (Å²) in [5.74, 6) is 0.234. The van der Waals surface area contributed by atoms with Gasteiger partial charge in [-0.2, -0.15) is 0 Å². The first-order valence-corrected chi connectivity index (χ1v) is 11.5. The summed E-state index contributed by atoms with van der Waals surface area (Å²) in [5.41, 5.74) is 2.76. The molecule has 2 amide bonds. The summed E-state index contributed by atoms with van der Waals surface area (Å²) in [4.78, 5) is 29.0. The summed E-state index contributed by atoms with van der Waals surface area (Å²) >= 11 is 0. The molecular formula is C26H35N3O4. The molecule has 0 unspecified atom stereocenters. The van der Waals surface area contributed by atoms with Gasteiger partial charge in [-0.05, 0) is 48.2 Å². The highest BCUT2D eigenvalue weighted by Crippen LogP contribution is 2.30. The third-order valence-corrected chi connectivity index (χ3v) is 5.64. The number of nitrogens with zero attached hydrogens (tertiary/aromatic N) is 2. The number of carbonyl (C=O) groups is 2. The number of benzene rings is 2. The zero-order valence-electron chi connectivity index (χ0n) is 20.1. The number of rotatable bonds is 8. The van der Waals surface area contributed by atoms with Crippen molar-refractivity contribution in [2.24, 2.45) is 0 Å². The number of carbonyl (C=O) groups excluding carboxylic acids is 2. The van der Waals surface area contributed by atoms with Gasteiger partial charge in [0.1, 0.15) is 5.75 Å². The molecule has 1 N–H and O–H groups in total. The van der Waals surface area contributed by atoms with Crippen LogP contribution in [-0.2, 0) is 19.7 Å². The number of para-hydroxylation sites is 1. The Kier molecular flexibility index (Phi) is 8.33. The molecule has 1 heterocycles. The largest absolute Gasteiger partial charge is 0.483 e. The van der Waals surface area contributed by atoms with Crippen LogP contribution in [0, 0.1) is 0 Å². The van der Waals surface area contributed by atoms with Crippen LogP contribution in [0.3, 0.4) is 0 Å². The maximum atomic E-state index is 12.7. The van der Waals surface area contributed by atoms with E-state index in [1.54, 1.807) is 0 Å². The number of ether oxygens (including phenoxy) is 2. The van der Waals surface area contributed by atoms with Crippen molar-refractivity contribution >= 4 is 23.2 Å². The van der Waals surface area contributed by atoms with Crippen LogP contribution in [-0.4, -0.2) is 62.7 Å². The minimum Gasteiger partial charge on any atom is -0.483 e. The van der Waals surface area contributed by atoms with E-state index >= 15 is 0 Å². The molecule has 0 saturated carbocycles. The maximum Gasteiger partial charge on any atom is 0.260 e. The Morgan fingerprint density at radius 1 is 1.06 bits per heavy atom. The van der Waals surface area contributed by atoms with E-state index in [9.17, 15) is 9.59 Å². The second-order valence-electron chi connectivity index (χ2n) is 9.14. The summed E-state index contributed by atoms with van der Waals surface area (Å²) in [5, 5.41) is 2.88. The molecule has 7 heteroatoms. The standard InChI is InChI=1S/C26H35N3O4/c1-5-28(25(31)19-33-23-9-7-6-8-22(23)26(2,3)4)18-24(30)27-20-10-12-21(13-11-20)29-14-16-32-17-15-29/h6-13H,5,14-19H2,1-4H3,(H,27,30). The summed E-state index contributed by atoms with van der Waals surface area (Å²) in [6.45, 7) is 11.6. The van der Waals surface area contributed by atoms with E-state index in [1.807, 2.05) is 55.5 Å². The van der Waals surface area contributed by atoms with Gasteiger partial charge in [-0.3, -0.25) is 9.59 Å². The molecule has 3 rings (SSSR count). The fraction of sp³-hybridized carbons (Fsp3) is 0.462. The first kappa shape index (κ1) is 24.6. The highest BCUT2D eigenvalue weighted by molar-refractivity contribution is 5.94. The van der Waals surface area contributed by atoms with Crippen molar-refractivity contribution in [2.45, 2.75) is 33.1 Å². The van der Waals surface area contributed by atoms with Crippen LogP contribution in [0.4, 0.5) is 11.4 Å². The van der Waals surface area contributed by atoms with Crippen molar-refractivity contribution in [3.05, 3.63) is 54.1 Å². The molecule has 0 bridgehead atoms. The number of anilines is 2. The van der Waals surface area contributed by atoms with Gasteiger partial charge in [0.05, 0.1) is 19.8 Å². The second-order valence-corrected chi connectivity index (χ2v) is 9.14. The first-order chi connectivity index (χ1) is 15.8. The number of nitrogens with one attached hydrogen (secondary N) is 1. The fourth-order valence-corrected chi connectivity index (χ4v) is 3.77. The van der Waals surface area contributed by atoms with Gasteiger partial charge in [-0.25, -0.2) is 0 Å². The summed E-state index contributed by atoms with van der Waals surface area (Å²) in [7, 11) is 0. The Hall–Kier alpha value is -3.06. The van der Waals surface area contributed by atoms with Crippen molar-refractivity contribution in [2.75, 3.05) is 56.2 Å². The molecule has 178 valence electrons. The molecule has 1 fully saturated rings. The molecule has 0 radical (unpaired) electrons. The number of amides is 2. The molecule has 33 heavy (non-hydrogen) atoms. The van der Waals surface area contributed by atoms with Crippen molar-refractivity contribution in [3.8, 4) is 5.75 Å². The molecule has 2 aromatic carbocycles. The van der Waals surface area contributed by atoms with Gasteiger partial charge in [0.15, 0.2) is 6.61 Å². The highest BCUT2D eigenvalue weighted by atomic mass is 16.5. The Bertz CT molecular complexity index is 931. The Morgan fingerprint density at radius 2 is 1.73 bits per heavy atom. The first-order valence-electron chi connectivity index (χ1n) is 11.5. The SMILES string of the molecule is CCN(CC(=O)Nc1ccc(N2CCOCC2)cc1)C(=O)COc1ccccc1C(C)(C)C. The number of hydrogen-bond acceptors (Lipinski definition) is 5. The van der Waals surface area contributed by atoms with Gasteiger partial charge >= 0.3 is 0 Å². The van der Waals surface area contributed by atoms with E-state index in [2.05, 4.69) is 31.0 Å². The molecule has 7 nitrogen and oxygen atoms in total. The molecule has 0 aliphatic carbocycles. The van der Waals surface area contributed by atoms with Crippen molar-refractivity contribution < 1.29 is 19.1 Å². The van der Waals surface area contributed by atoms with Crippen LogP contribution in [0.25, 0.3) is 0 Å².